The summed E-state index contributed by atoms with van der Waals surface area (Å²) in [5.74, 6) is -1.79. The van der Waals surface area contributed by atoms with Gasteiger partial charge >= 0.3 is 0 Å². The lowest BCUT2D eigenvalue weighted by molar-refractivity contribution is 0.561. The van der Waals surface area contributed by atoms with Crippen molar-refractivity contribution in [3.63, 3.8) is 0 Å². The number of benzene rings is 1. The number of hydrogen-bond acceptors (Lipinski definition) is 2. The highest BCUT2D eigenvalue weighted by atomic mass is 32.2. The zero-order valence-corrected chi connectivity index (χ0v) is 8.52. The number of nitrogens with one attached hydrogen (secondary N) is 1. The third-order valence-corrected chi connectivity index (χ3v) is 3.55. The zero-order chi connectivity index (χ0) is 11.1. The molecule has 0 radical (unpaired) electrons. The van der Waals surface area contributed by atoms with Crippen molar-refractivity contribution in [3.05, 3.63) is 29.8 Å². The van der Waals surface area contributed by atoms with Gasteiger partial charge < -0.3 is 0 Å². The molecule has 1 aliphatic carbocycles. The van der Waals surface area contributed by atoms with Gasteiger partial charge in [-0.25, -0.2) is 21.9 Å². The van der Waals surface area contributed by atoms with E-state index >= 15 is 0 Å². The minimum Gasteiger partial charge on any atom is -0.208 e. The van der Waals surface area contributed by atoms with E-state index in [4.69, 9.17) is 0 Å². The topological polar surface area (TPSA) is 46.2 Å². The first kappa shape index (κ1) is 10.5. The molecule has 1 aromatic carbocycles. The van der Waals surface area contributed by atoms with Crippen LogP contribution in [0.2, 0.25) is 0 Å². The second-order valence-corrected chi connectivity index (χ2v) is 5.21. The third-order valence-electron chi connectivity index (χ3n) is 2.05. The summed E-state index contributed by atoms with van der Waals surface area (Å²) in [6, 6.07) is 2.15. The highest BCUT2D eigenvalue weighted by Crippen LogP contribution is 2.22. The standard InChI is InChI=1S/C9H9F2NO2S/c10-6-3-7(11)5-9(4-6)15(13,14)12-8-1-2-8/h3-5,8,12H,1-2H2. The van der Waals surface area contributed by atoms with Gasteiger partial charge in [0.25, 0.3) is 0 Å². The van der Waals surface area contributed by atoms with Crippen LogP contribution in [0.1, 0.15) is 12.8 Å². The lowest BCUT2D eigenvalue weighted by Gasteiger charge is -2.05. The Morgan fingerprint density at radius 3 is 2.13 bits per heavy atom. The highest BCUT2D eigenvalue weighted by molar-refractivity contribution is 7.89. The fourth-order valence-corrected chi connectivity index (χ4v) is 2.52. The Morgan fingerprint density at radius 2 is 1.67 bits per heavy atom. The van der Waals surface area contributed by atoms with Crippen LogP contribution in [0.25, 0.3) is 0 Å². The molecule has 0 atom stereocenters. The molecule has 0 unspecified atom stereocenters. The maximum atomic E-state index is 12.8. The van der Waals surface area contributed by atoms with E-state index in [1.54, 1.807) is 0 Å². The second kappa shape index (κ2) is 3.53. The highest BCUT2D eigenvalue weighted by Gasteiger charge is 2.28. The number of rotatable bonds is 3. The van der Waals surface area contributed by atoms with Gasteiger partial charge in [-0.2, -0.15) is 0 Å². The monoisotopic (exact) mass is 233 g/mol. The van der Waals surface area contributed by atoms with Crippen LogP contribution in [0.15, 0.2) is 23.1 Å². The van der Waals surface area contributed by atoms with Crippen LogP contribution in [0.4, 0.5) is 8.78 Å². The van der Waals surface area contributed by atoms with Gasteiger partial charge in [-0.1, -0.05) is 0 Å². The van der Waals surface area contributed by atoms with Crippen molar-refractivity contribution in [2.75, 3.05) is 0 Å². The minimum absolute atomic E-state index is 0.0821. The zero-order valence-electron chi connectivity index (χ0n) is 7.70. The molecule has 6 heteroatoms. The number of hydrogen-bond donors (Lipinski definition) is 1. The maximum absolute atomic E-state index is 12.8. The number of halogens is 2. The van der Waals surface area contributed by atoms with Gasteiger partial charge in [0.1, 0.15) is 11.6 Å². The van der Waals surface area contributed by atoms with Crippen molar-refractivity contribution in [3.8, 4) is 0 Å². The Bertz CT molecular complexity index is 463. The first-order valence-corrected chi connectivity index (χ1v) is 5.94. The van der Waals surface area contributed by atoms with E-state index in [2.05, 4.69) is 4.72 Å². The second-order valence-electron chi connectivity index (χ2n) is 3.50. The van der Waals surface area contributed by atoms with Crippen molar-refractivity contribution in [1.82, 2.24) is 4.72 Å². The fraction of sp³-hybridized carbons (Fsp3) is 0.333. The minimum atomic E-state index is -3.77. The molecule has 0 spiro atoms. The van der Waals surface area contributed by atoms with E-state index in [9.17, 15) is 17.2 Å². The number of sulfonamides is 1. The summed E-state index contributed by atoms with van der Waals surface area (Å²) in [4.78, 5) is -0.369. The SMILES string of the molecule is O=S(=O)(NC1CC1)c1cc(F)cc(F)c1. The van der Waals surface area contributed by atoms with Gasteiger partial charge in [-0.15, -0.1) is 0 Å². The van der Waals surface area contributed by atoms with Crippen LogP contribution in [0.3, 0.4) is 0 Å². The average Bonchev–Trinajstić information content (AvgIpc) is 2.85. The summed E-state index contributed by atoms with van der Waals surface area (Å²) < 4.78 is 51.0. The molecule has 3 nitrogen and oxygen atoms in total. The molecule has 1 aromatic rings. The summed E-state index contributed by atoms with van der Waals surface area (Å²) in [5.41, 5.74) is 0. The Balaban J connectivity index is 2.34. The van der Waals surface area contributed by atoms with Crippen LogP contribution in [-0.4, -0.2) is 14.5 Å². The molecule has 0 heterocycles. The first-order chi connectivity index (χ1) is 6.97. The Kier molecular flexibility index (Phi) is 2.47. The lowest BCUT2D eigenvalue weighted by atomic mass is 10.3. The molecule has 0 aliphatic heterocycles. The molecule has 0 aromatic heterocycles. The van der Waals surface area contributed by atoms with Crippen LogP contribution in [-0.2, 0) is 10.0 Å². The molecule has 1 N–H and O–H groups in total. The molecule has 1 fully saturated rings. The molecule has 1 saturated carbocycles. The van der Waals surface area contributed by atoms with Gasteiger partial charge in [0.2, 0.25) is 10.0 Å². The van der Waals surface area contributed by atoms with Crippen molar-refractivity contribution in [2.45, 2.75) is 23.8 Å². The molecule has 15 heavy (non-hydrogen) atoms. The Labute approximate surface area is 86.2 Å². The predicted octanol–water partition coefficient (Wildman–Crippen LogP) is 1.41. The maximum Gasteiger partial charge on any atom is 0.241 e. The smallest absolute Gasteiger partial charge is 0.208 e. The van der Waals surface area contributed by atoms with Crippen LogP contribution in [0.5, 0.6) is 0 Å². The molecule has 1 aliphatic rings. The van der Waals surface area contributed by atoms with Gasteiger partial charge in [0, 0.05) is 12.1 Å². The molecular weight excluding hydrogens is 224 g/mol. The van der Waals surface area contributed by atoms with Crippen molar-refractivity contribution in [1.29, 1.82) is 0 Å². The first-order valence-electron chi connectivity index (χ1n) is 4.46. The van der Waals surface area contributed by atoms with Gasteiger partial charge in [-0.3, -0.25) is 0 Å². The summed E-state index contributed by atoms with van der Waals surface area (Å²) in [7, 11) is -3.77. The average molecular weight is 233 g/mol. The predicted molar refractivity (Wildman–Crippen MR) is 49.7 cm³/mol. The van der Waals surface area contributed by atoms with E-state index in [1.165, 1.54) is 0 Å². The third kappa shape index (κ3) is 2.51. The van der Waals surface area contributed by atoms with Crippen molar-refractivity contribution < 1.29 is 17.2 Å². The lowest BCUT2D eigenvalue weighted by Crippen LogP contribution is -2.25. The summed E-state index contributed by atoms with van der Waals surface area (Å²) in [5, 5.41) is 0. The summed E-state index contributed by atoms with van der Waals surface area (Å²) in [6.45, 7) is 0. The normalized spacial score (nSPS) is 16.7. The van der Waals surface area contributed by atoms with Gasteiger partial charge in [-0.05, 0) is 25.0 Å². The summed E-state index contributed by atoms with van der Waals surface area (Å²) >= 11 is 0. The van der Waals surface area contributed by atoms with Crippen LogP contribution >= 0.6 is 0 Å². The van der Waals surface area contributed by atoms with Crippen LogP contribution < -0.4 is 4.72 Å². The summed E-state index contributed by atoms with van der Waals surface area (Å²) in [6.07, 6.45) is 1.55. The Hall–Kier alpha value is -1.01. The van der Waals surface area contributed by atoms with E-state index in [0.717, 1.165) is 25.0 Å². The largest absolute Gasteiger partial charge is 0.241 e. The molecule has 0 saturated heterocycles. The van der Waals surface area contributed by atoms with E-state index in [1.807, 2.05) is 0 Å². The van der Waals surface area contributed by atoms with Crippen molar-refractivity contribution >= 4 is 10.0 Å². The molecule has 2 rings (SSSR count). The molecule has 0 bridgehead atoms. The molecular formula is C9H9F2NO2S. The van der Waals surface area contributed by atoms with Crippen LogP contribution in [0, 0.1) is 11.6 Å². The Morgan fingerprint density at radius 1 is 1.13 bits per heavy atom. The van der Waals surface area contributed by atoms with E-state index in [0.29, 0.717) is 6.07 Å². The van der Waals surface area contributed by atoms with Gasteiger partial charge in [0.05, 0.1) is 4.90 Å². The quantitative estimate of drug-likeness (QED) is 0.857. The van der Waals surface area contributed by atoms with Gasteiger partial charge in [0.15, 0.2) is 0 Å². The van der Waals surface area contributed by atoms with E-state index < -0.39 is 21.7 Å². The molecule has 82 valence electrons. The fourth-order valence-electron chi connectivity index (χ4n) is 1.17. The molecule has 0 amide bonds. The van der Waals surface area contributed by atoms with E-state index in [-0.39, 0.29) is 10.9 Å². The van der Waals surface area contributed by atoms with Crippen molar-refractivity contribution in [2.24, 2.45) is 0 Å².